The van der Waals surface area contributed by atoms with Gasteiger partial charge in [-0.05, 0) is 47.4 Å². The van der Waals surface area contributed by atoms with Gasteiger partial charge >= 0.3 is 0 Å². The Kier molecular flexibility index (Phi) is 4.85. The van der Waals surface area contributed by atoms with E-state index in [1.54, 1.807) is 36.7 Å². The largest absolute Gasteiger partial charge is 0.338 e. The molecule has 0 fully saturated rings. The zero-order chi connectivity index (χ0) is 19.7. The highest BCUT2D eigenvalue weighted by molar-refractivity contribution is 7.90. The number of hydrogen-bond donors (Lipinski definition) is 0. The summed E-state index contributed by atoms with van der Waals surface area (Å²) < 4.78 is 23.5. The molecular formula is C21H21N3O3S. The third-order valence-corrected chi connectivity index (χ3v) is 6.27. The average molecular weight is 395 g/mol. The van der Waals surface area contributed by atoms with Crippen LogP contribution < -0.4 is 0 Å². The number of aromatic nitrogens is 1. The van der Waals surface area contributed by atoms with Crippen LogP contribution in [0.5, 0.6) is 0 Å². The molecule has 7 heteroatoms. The van der Waals surface area contributed by atoms with Gasteiger partial charge in [-0.1, -0.05) is 12.1 Å². The van der Waals surface area contributed by atoms with Gasteiger partial charge in [0.05, 0.1) is 23.6 Å². The molecule has 144 valence electrons. The highest BCUT2D eigenvalue weighted by Crippen LogP contribution is 2.28. The van der Waals surface area contributed by atoms with Gasteiger partial charge in [-0.3, -0.25) is 14.8 Å². The van der Waals surface area contributed by atoms with E-state index in [9.17, 15) is 13.2 Å². The summed E-state index contributed by atoms with van der Waals surface area (Å²) in [5.41, 5.74) is 5.12. The minimum atomic E-state index is -3.29. The summed E-state index contributed by atoms with van der Waals surface area (Å²) in [5, 5.41) is 0. The molecular weight excluding hydrogens is 374 g/mol. The Labute approximate surface area is 164 Å². The van der Waals surface area contributed by atoms with Crippen LogP contribution in [0.3, 0.4) is 0 Å². The van der Waals surface area contributed by atoms with Crippen molar-refractivity contribution in [1.82, 2.24) is 9.88 Å². The summed E-state index contributed by atoms with van der Waals surface area (Å²) in [4.78, 5) is 23.7. The first-order chi connectivity index (χ1) is 13.4. The first kappa shape index (κ1) is 18.6. The number of benzene rings is 1. The average Bonchev–Trinajstić information content (AvgIpc) is 3.11. The summed E-state index contributed by atoms with van der Waals surface area (Å²) in [6, 6.07) is 10.5. The Morgan fingerprint density at radius 2 is 1.96 bits per heavy atom. The maximum Gasteiger partial charge on any atom is 0.227 e. The van der Waals surface area contributed by atoms with Crippen molar-refractivity contribution < 1.29 is 13.2 Å². The van der Waals surface area contributed by atoms with Crippen LogP contribution in [-0.4, -0.2) is 55.8 Å². The molecule has 0 bridgehead atoms. The van der Waals surface area contributed by atoms with Crippen molar-refractivity contribution in [2.75, 3.05) is 25.9 Å². The van der Waals surface area contributed by atoms with Gasteiger partial charge in [0, 0.05) is 37.3 Å². The van der Waals surface area contributed by atoms with Crippen LogP contribution in [0, 0.1) is 0 Å². The summed E-state index contributed by atoms with van der Waals surface area (Å²) in [7, 11) is -3.29. The normalized spacial score (nSPS) is 16.8. The number of pyridine rings is 1. The first-order valence-electron chi connectivity index (χ1n) is 9.15. The van der Waals surface area contributed by atoms with E-state index in [0.717, 1.165) is 23.3 Å². The quantitative estimate of drug-likeness (QED) is 0.794. The lowest BCUT2D eigenvalue weighted by molar-refractivity contribution is -0.130. The smallest absolute Gasteiger partial charge is 0.227 e. The summed E-state index contributed by atoms with van der Waals surface area (Å²) in [5.74, 6) is -0.00169. The molecule has 1 aromatic heterocycles. The van der Waals surface area contributed by atoms with Crippen LogP contribution in [-0.2, 0) is 21.1 Å². The molecule has 2 aromatic rings. The molecule has 6 nitrogen and oxygen atoms in total. The van der Waals surface area contributed by atoms with Crippen molar-refractivity contribution in [2.24, 2.45) is 4.99 Å². The van der Waals surface area contributed by atoms with Crippen molar-refractivity contribution in [1.29, 1.82) is 0 Å². The van der Waals surface area contributed by atoms with Crippen LogP contribution in [0.2, 0.25) is 0 Å². The Bertz CT molecular complexity index is 1090. The molecule has 0 atom stereocenters. The third-order valence-electron chi connectivity index (χ3n) is 5.16. The molecule has 0 saturated heterocycles. The lowest BCUT2D eigenvalue weighted by atomic mass is 9.95. The zero-order valence-electron chi connectivity index (χ0n) is 15.6. The van der Waals surface area contributed by atoms with Crippen LogP contribution in [0.15, 0.2) is 69.8 Å². The topological polar surface area (TPSA) is 79.7 Å². The second kappa shape index (κ2) is 7.31. The number of rotatable bonds is 4. The molecule has 4 rings (SSSR count). The molecule has 3 heterocycles. The van der Waals surface area contributed by atoms with Crippen molar-refractivity contribution in [3.63, 3.8) is 0 Å². The molecule has 0 saturated carbocycles. The van der Waals surface area contributed by atoms with E-state index in [1.807, 2.05) is 17.0 Å². The number of nitrogens with zero attached hydrogens (tertiary/aromatic N) is 3. The van der Waals surface area contributed by atoms with Gasteiger partial charge in [-0.15, -0.1) is 0 Å². The fourth-order valence-electron chi connectivity index (χ4n) is 3.65. The maximum absolute atomic E-state index is 12.9. The molecule has 2 aliphatic heterocycles. The predicted molar refractivity (Wildman–Crippen MR) is 107 cm³/mol. The predicted octanol–water partition coefficient (Wildman–Crippen LogP) is 2.06. The van der Waals surface area contributed by atoms with Gasteiger partial charge in [0.2, 0.25) is 5.91 Å². The molecule has 28 heavy (non-hydrogen) atoms. The van der Waals surface area contributed by atoms with Crippen LogP contribution in [0.4, 0.5) is 0 Å². The van der Waals surface area contributed by atoms with Crippen LogP contribution in [0.25, 0.3) is 0 Å². The van der Waals surface area contributed by atoms with E-state index in [0.29, 0.717) is 25.2 Å². The van der Waals surface area contributed by atoms with Gasteiger partial charge in [-0.25, -0.2) is 8.42 Å². The van der Waals surface area contributed by atoms with Crippen molar-refractivity contribution in [2.45, 2.75) is 17.7 Å². The van der Waals surface area contributed by atoms with E-state index < -0.39 is 9.84 Å². The molecule has 0 radical (unpaired) electrons. The monoisotopic (exact) mass is 395 g/mol. The van der Waals surface area contributed by atoms with Crippen molar-refractivity contribution >= 4 is 21.5 Å². The fourth-order valence-corrected chi connectivity index (χ4v) is 4.34. The van der Waals surface area contributed by atoms with Gasteiger partial charge in [0.15, 0.2) is 9.84 Å². The Morgan fingerprint density at radius 1 is 1.18 bits per heavy atom. The van der Waals surface area contributed by atoms with E-state index in [4.69, 9.17) is 0 Å². The molecule has 2 aliphatic rings. The van der Waals surface area contributed by atoms with E-state index in [2.05, 4.69) is 9.98 Å². The number of amides is 1. The number of carbonyl (C=O) groups is 1. The standard InChI is InChI=1S/C21H21N3O3S/c1-28(26,27)18-4-2-3-15(11-18)12-20(25)24-10-7-17-13-23-21(19(17)14-24)16-5-8-22-9-6-16/h2-6,8-9,11H,7,10,12-14H2,1H3. The van der Waals surface area contributed by atoms with Gasteiger partial charge in [-0.2, -0.15) is 0 Å². The van der Waals surface area contributed by atoms with Gasteiger partial charge < -0.3 is 4.90 Å². The Morgan fingerprint density at radius 3 is 2.71 bits per heavy atom. The number of sulfone groups is 1. The van der Waals surface area contributed by atoms with Crippen molar-refractivity contribution in [3.05, 3.63) is 71.1 Å². The minimum Gasteiger partial charge on any atom is -0.338 e. The summed E-state index contributed by atoms with van der Waals surface area (Å²) in [6.07, 6.45) is 5.68. The Hall–Kier alpha value is -2.80. The molecule has 0 spiro atoms. The lowest BCUT2D eigenvalue weighted by Gasteiger charge is -2.29. The van der Waals surface area contributed by atoms with E-state index >= 15 is 0 Å². The molecule has 0 unspecified atom stereocenters. The maximum atomic E-state index is 12.9. The highest BCUT2D eigenvalue weighted by atomic mass is 32.2. The zero-order valence-corrected chi connectivity index (χ0v) is 16.4. The number of aliphatic imine (C=N–C) groups is 1. The summed E-state index contributed by atoms with van der Waals surface area (Å²) in [6.45, 7) is 1.91. The Balaban J connectivity index is 1.50. The van der Waals surface area contributed by atoms with Gasteiger partial charge in [0.25, 0.3) is 0 Å². The SMILES string of the molecule is CS(=O)(=O)c1cccc(CC(=O)N2CCC3=C(C2)C(c2ccncc2)=NC3)c1. The second-order valence-electron chi connectivity index (χ2n) is 7.14. The first-order valence-corrected chi connectivity index (χ1v) is 11.0. The second-order valence-corrected chi connectivity index (χ2v) is 9.16. The van der Waals surface area contributed by atoms with Gasteiger partial charge in [0.1, 0.15) is 0 Å². The number of carbonyl (C=O) groups excluding carboxylic acids is 1. The molecule has 0 aliphatic carbocycles. The minimum absolute atomic E-state index is 0.00169. The molecule has 1 amide bonds. The van der Waals surface area contributed by atoms with Crippen LogP contribution >= 0.6 is 0 Å². The highest BCUT2D eigenvalue weighted by Gasteiger charge is 2.29. The van der Waals surface area contributed by atoms with Crippen LogP contribution in [0.1, 0.15) is 17.5 Å². The molecule has 1 aromatic carbocycles. The fraction of sp³-hybridized carbons (Fsp3) is 0.286. The lowest BCUT2D eigenvalue weighted by Crippen LogP contribution is -2.39. The summed E-state index contributed by atoms with van der Waals surface area (Å²) >= 11 is 0. The molecule has 0 N–H and O–H groups in total. The van der Waals surface area contributed by atoms with E-state index in [-0.39, 0.29) is 17.2 Å². The van der Waals surface area contributed by atoms with Crippen molar-refractivity contribution in [3.8, 4) is 0 Å². The van der Waals surface area contributed by atoms with E-state index in [1.165, 1.54) is 11.8 Å². The number of hydrogen-bond acceptors (Lipinski definition) is 5. The third kappa shape index (κ3) is 3.75.